The van der Waals surface area contributed by atoms with Gasteiger partial charge in [0.15, 0.2) is 5.69 Å². The number of aryl methyl sites for hydroxylation is 1. The summed E-state index contributed by atoms with van der Waals surface area (Å²) >= 11 is 0. The minimum Gasteiger partial charge on any atom is -0.464 e. The Kier molecular flexibility index (Phi) is 7.64. The summed E-state index contributed by atoms with van der Waals surface area (Å²) in [6.45, 7) is 7.00. The number of esters is 1. The van der Waals surface area contributed by atoms with E-state index in [2.05, 4.69) is 10.3 Å². The summed E-state index contributed by atoms with van der Waals surface area (Å²) < 4.78 is 38.2. The van der Waals surface area contributed by atoms with Crippen LogP contribution in [0.4, 0.5) is 4.79 Å². The Labute approximate surface area is 205 Å². The zero-order valence-electron chi connectivity index (χ0n) is 20.3. The quantitative estimate of drug-likeness (QED) is 0.488. The van der Waals surface area contributed by atoms with Gasteiger partial charge in [0, 0.05) is 6.42 Å². The van der Waals surface area contributed by atoms with Gasteiger partial charge in [-0.1, -0.05) is 48.0 Å². The number of nitrogens with zero attached hydrogens (tertiary/aromatic N) is 2. The van der Waals surface area contributed by atoms with Crippen molar-refractivity contribution >= 4 is 22.1 Å². The van der Waals surface area contributed by atoms with Crippen molar-refractivity contribution in [2.24, 2.45) is 0 Å². The Morgan fingerprint density at radius 1 is 1.06 bits per heavy atom. The number of hydrogen-bond acceptors (Lipinski definition) is 7. The molecule has 0 aliphatic rings. The van der Waals surface area contributed by atoms with Gasteiger partial charge in [-0.3, -0.25) is 0 Å². The molecule has 0 spiro atoms. The van der Waals surface area contributed by atoms with Gasteiger partial charge in [0.2, 0.25) is 0 Å². The summed E-state index contributed by atoms with van der Waals surface area (Å²) in [5.41, 5.74) is 0.721. The number of alkyl carbamates (subject to hydrolysis) is 1. The summed E-state index contributed by atoms with van der Waals surface area (Å²) in [7, 11) is -2.98. The number of aromatic nitrogens is 2. The Bertz CT molecular complexity index is 1290. The molecule has 0 bridgehead atoms. The highest BCUT2D eigenvalue weighted by Crippen LogP contribution is 2.25. The van der Waals surface area contributed by atoms with E-state index in [4.69, 9.17) is 9.47 Å². The first-order valence-electron chi connectivity index (χ1n) is 10.9. The van der Waals surface area contributed by atoms with Crippen LogP contribution >= 0.6 is 0 Å². The van der Waals surface area contributed by atoms with Crippen LogP contribution in [0.2, 0.25) is 0 Å². The highest BCUT2D eigenvalue weighted by atomic mass is 32.2. The second kappa shape index (κ2) is 10.3. The number of hydrogen-bond donors (Lipinski definition) is 1. The lowest BCUT2D eigenvalue weighted by atomic mass is 10.1. The van der Waals surface area contributed by atoms with Gasteiger partial charge in [-0.05, 0) is 45.4 Å². The second-order valence-corrected chi connectivity index (χ2v) is 10.8. The van der Waals surface area contributed by atoms with Gasteiger partial charge in [-0.25, -0.2) is 27.0 Å². The first kappa shape index (κ1) is 26.0. The minimum absolute atomic E-state index is 0.00824. The lowest BCUT2D eigenvalue weighted by Crippen LogP contribution is -2.37. The maximum absolute atomic E-state index is 13.6. The fourth-order valence-corrected chi connectivity index (χ4v) is 4.70. The van der Waals surface area contributed by atoms with Crippen molar-refractivity contribution in [1.29, 1.82) is 0 Å². The molecular weight excluding hydrogens is 470 g/mol. The molecule has 2 aromatic carbocycles. The number of imidazole rings is 1. The predicted octanol–water partition coefficient (Wildman–Crippen LogP) is 4.02. The monoisotopic (exact) mass is 499 g/mol. The fourth-order valence-electron chi connectivity index (χ4n) is 3.34. The third-order valence-electron chi connectivity index (χ3n) is 4.96. The minimum atomic E-state index is -4.16. The molecule has 1 atom stereocenters. The molecule has 3 aromatic rings. The fraction of sp³-hybridized carbons (Fsp3) is 0.320. The van der Waals surface area contributed by atoms with Gasteiger partial charge in [-0.2, -0.15) is 0 Å². The van der Waals surface area contributed by atoms with Crippen molar-refractivity contribution in [3.8, 4) is 0 Å². The SMILES string of the molecule is COC(=O)c1cn(S(=O)(=O)c2ccc(C)cc2)c([C@H](Cc2ccccc2)NC(=O)OC(C)(C)C)n1. The number of rotatable bonds is 7. The number of nitrogens with one attached hydrogen (secondary N) is 1. The zero-order chi connectivity index (χ0) is 25.8. The molecule has 3 rings (SSSR count). The third kappa shape index (κ3) is 6.48. The van der Waals surface area contributed by atoms with E-state index >= 15 is 0 Å². The van der Waals surface area contributed by atoms with Crippen molar-refractivity contribution < 1.29 is 27.5 Å². The van der Waals surface area contributed by atoms with Crippen LogP contribution in [0.5, 0.6) is 0 Å². The van der Waals surface area contributed by atoms with Gasteiger partial charge in [0.1, 0.15) is 11.4 Å². The normalized spacial score (nSPS) is 12.6. The molecular formula is C25H29N3O6S. The van der Waals surface area contributed by atoms with Crippen LogP contribution in [-0.4, -0.2) is 42.1 Å². The van der Waals surface area contributed by atoms with E-state index in [0.717, 1.165) is 21.3 Å². The third-order valence-corrected chi connectivity index (χ3v) is 6.64. The van der Waals surface area contributed by atoms with E-state index in [9.17, 15) is 18.0 Å². The van der Waals surface area contributed by atoms with Crippen LogP contribution in [-0.2, 0) is 25.9 Å². The topological polar surface area (TPSA) is 117 Å². The molecule has 186 valence electrons. The number of ether oxygens (including phenoxy) is 2. The summed E-state index contributed by atoms with van der Waals surface area (Å²) in [6.07, 6.45) is 0.548. The Morgan fingerprint density at radius 3 is 2.26 bits per heavy atom. The van der Waals surface area contributed by atoms with E-state index in [1.165, 1.54) is 19.2 Å². The first-order valence-corrected chi connectivity index (χ1v) is 12.4. The Morgan fingerprint density at radius 2 is 1.69 bits per heavy atom. The van der Waals surface area contributed by atoms with E-state index in [-0.39, 0.29) is 22.8 Å². The number of carbonyl (C=O) groups is 2. The summed E-state index contributed by atoms with van der Waals surface area (Å²) in [5, 5.41) is 2.72. The van der Waals surface area contributed by atoms with Crippen LogP contribution in [0.1, 0.15) is 54.3 Å². The van der Waals surface area contributed by atoms with Crippen molar-refractivity contribution in [2.75, 3.05) is 7.11 Å². The molecule has 9 nitrogen and oxygen atoms in total. The standard InChI is InChI=1S/C25H29N3O6S/c1-17-11-13-19(14-12-17)35(31,32)28-16-21(23(29)33-5)26-22(28)20(15-18-9-7-6-8-10-18)27-24(30)34-25(2,3)4/h6-14,16,20H,15H2,1-5H3,(H,27,30)/t20-/m0/s1. The van der Waals surface area contributed by atoms with E-state index in [1.807, 2.05) is 37.3 Å². The highest BCUT2D eigenvalue weighted by molar-refractivity contribution is 7.90. The average molecular weight is 500 g/mol. The molecule has 0 aliphatic carbocycles. The first-order chi connectivity index (χ1) is 16.4. The molecule has 0 aliphatic heterocycles. The number of carbonyl (C=O) groups excluding carboxylic acids is 2. The molecule has 1 amide bonds. The molecule has 0 fully saturated rings. The molecule has 1 heterocycles. The summed E-state index contributed by atoms with van der Waals surface area (Å²) in [4.78, 5) is 29.2. The summed E-state index contributed by atoms with van der Waals surface area (Å²) in [6, 6.07) is 14.5. The number of methoxy groups -OCH3 is 1. The van der Waals surface area contributed by atoms with Gasteiger partial charge in [-0.15, -0.1) is 0 Å². The largest absolute Gasteiger partial charge is 0.464 e. The molecule has 0 radical (unpaired) electrons. The van der Waals surface area contributed by atoms with E-state index < -0.39 is 33.7 Å². The maximum atomic E-state index is 13.6. The Hall–Kier alpha value is -3.66. The van der Waals surface area contributed by atoms with Gasteiger partial charge in [0.25, 0.3) is 10.0 Å². The van der Waals surface area contributed by atoms with Crippen molar-refractivity contribution in [3.63, 3.8) is 0 Å². The molecule has 10 heteroatoms. The molecule has 0 saturated heterocycles. The number of amides is 1. The highest BCUT2D eigenvalue weighted by Gasteiger charge is 2.31. The van der Waals surface area contributed by atoms with E-state index in [1.54, 1.807) is 32.9 Å². The lowest BCUT2D eigenvalue weighted by molar-refractivity contribution is 0.0500. The zero-order valence-corrected chi connectivity index (χ0v) is 21.1. The lowest BCUT2D eigenvalue weighted by Gasteiger charge is -2.24. The smallest absolute Gasteiger partial charge is 0.408 e. The second-order valence-electron chi connectivity index (χ2n) is 8.98. The van der Waals surface area contributed by atoms with Gasteiger partial charge >= 0.3 is 12.1 Å². The maximum Gasteiger partial charge on any atom is 0.408 e. The molecule has 0 saturated carbocycles. The van der Waals surface area contributed by atoms with Crippen LogP contribution in [0.3, 0.4) is 0 Å². The van der Waals surface area contributed by atoms with Crippen LogP contribution in [0.25, 0.3) is 0 Å². The van der Waals surface area contributed by atoms with Crippen molar-refractivity contribution in [1.82, 2.24) is 14.3 Å². The van der Waals surface area contributed by atoms with Crippen LogP contribution in [0.15, 0.2) is 65.7 Å². The van der Waals surface area contributed by atoms with Gasteiger partial charge in [0.05, 0.1) is 24.2 Å². The summed E-state index contributed by atoms with van der Waals surface area (Å²) in [5.74, 6) is -0.861. The average Bonchev–Trinajstić information content (AvgIpc) is 3.24. The van der Waals surface area contributed by atoms with Gasteiger partial charge < -0.3 is 14.8 Å². The molecule has 1 aromatic heterocycles. The number of benzene rings is 2. The molecule has 1 N–H and O–H groups in total. The van der Waals surface area contributed by atoms with Crippen molar-refractivity contribution in [2.45, 2.75) is 50.7 Å². The molecule has 0 unspecified atom stereocenters. The Balaban J connectivity index is 2.14. The van der Waals surface area contributed by atoms with Crippen LogP contribution in [0, 0.1) is 6.92 Å². The van der Waals surface area contributed by atoms with Crippen LogP contribution < -0.4 is 5.32 Å². The van der Waals surface area contributed by atoms with Crippen molar-refractivity contribution in [3.05, 3.63) is 83.4 Å². The van der Waals surface area contributed by atoms with E-state index in [0.29, 0.717) is 0 Å². The predicted molar refractivity (Wildman–Crippen MR) is 130 cm³/mol. The molecule has 35 heavy (non-hydrogen) atoms.